The highest BCUT2D eigenvalue weighted by molar-refractivity contribution is 5.96. The average molecular weight is 828 g/mol. The zero-order valence-electron chi connectivity index (χ0n) is 35.1. The number of imidazole rings is 1. The van der Waals surface area contributed by atoms with Gasteiger partial charge in [0, 0.05) is 16.7 Å². The van der Waals surface area contributed by atoms with Crippen molar-refractivity contribution >= 4 is 11.0 Å². The molecule has 2 aliphatic carbocycles. The van der Waals surface area contributed by atoms with Gasteiger partial charge >= 0.3 is 0 Å². The van der Waals surface area contributed by atoms with E-state index in [0.717, 1.165) is 39.2 Å². The molecule has 302 valence electrons. The Balaban J connectivity index is 0.975. The van der Waals surface area contributed by atoms with Gasteiger partial charge in [-0.3, -0.25) is 4.57 Å². The van der Waals surface area contributed by atoms with Crippen LogP contribution in [-0.4, -0.2) is 24.5 Å². The number of para-hydroxylation sites is 1. The van der Waals surface area contributed by atoms with E-state index in [4.69, 9.17) is 19.9 Å². The molecule has 0 saturated carbocycles. The van der Waals surface area contributed by atoms with Crippen LogP contribution in [0.4, 0.5) is 0 Å². The van der Waals surface area contributed by atoms with Crippen LogP contribution >= 0.6 is 0 Å². The number of rotatable bonds is 5. The minimum Gasteiger partial charge on any atom is -0.295 e. The lowest BCUT2D eigenvalue weighted by atomic mass is 9.70. The van der Waals surface area contributed by atoms with Crippen molar-refractivity contribution in [3.8, 4) is 62.1 Å². The first-order valence-electron chi connectivity index (χ1n) is 22.2. The summed E-state index contributed by atoms with van der Waals surface area (Å²) in [7, 11) is 0. The monoisotopic (exact) mass is 827 g/mol. The largest absolute Gasteiger partial charge is 0.295 e. The second-order valence-electron chi connectivity index (χ2n) is 17.3. The van der Waals surface area contributed by atoms with Gasteiger partial charge in [-0.25, -0.2) is 19.9 Å². The van der Waals surface area contributed by atoms with E-state index in [1.807, 2.05) is 18.2 Å². The Morgan fingerprint density at radius 2 is 0.754 bits per heavy atom. The number of hydrogen-bond acceptors (Lipinski definition) is 4. The summed E-state index contributed by atoms with van der Waals surface area (Å²) in [6.07, 6.45) is 0. The molecule has 1 aliphatic heterocycles. The third-order valence-electron chi connectivity index (χ3n) is 14.1. The third-order valence-corrected chi connectivity index (χ3v) is 14.1. The van der Waals surface area contributed by atoms with Crippen molar-refractivity contribution < 1.29 is 0 Å². The number of hydrogen-bond donors (Lipinski definition) is 0. The molecule has 0 bridgehead atoms. The lowest BCUT2D eigenvalue weighted by Crippen LogP contribution is -2.29. The van der Waals surface area contributed by atoms with Gasteiger partial charge in [0.25, 0.3) is 0 Å². The summed E-state index contributed by atoms with van der Waals surface area (Å²) in [6, 6.07) is 80.5. The molecule has 14 rings (SSSR count). The molecule has 3 aliphatic rings. The highest BCUT2D eigenvalue weighted by atomic mass is 15.1. The molecule has 0 radical (unpaired) electrons. The van der Waals surface area contributed by atoms with Crippen LogP contribution in [0.5, 0.6) is 0 Å². The van der Waals surface area contributed by atoms with E-state index in [2.05, 4.69) is 211 Å². The third kappa shape index (κ3) is 4.81. The van der Waals surface area contributed by atoms with E-state index in [-0.39, 0.29) is 0 Å². The summed E-state index contributed by atoms with van der Waals surface area (Å²) < 4.78 is 2.35. The number of fused-ring (bicyclic) bond motifs is 15. The fourth-order valence-electron chi connectivity index (χ4n) is 11.5. The van der Waals surface area contributed by atoms with Gasteiger partial charge < -0.3 is 0 Å². The maximum Gasteiger partial charge on any atom is 0.164 e. The maximum absolute atomic E-state index is 5.59. The zero-order chi connectivity index (χ0) is 42.7. The van der Waals surface area contributed by atoms with Crippen LogP contribution in [0.15, 0.2) is 224 Å². The SMILES string of the molecule is c1ccc(-c2nc(-c3ccc4c(c3)C3(c5ccccc5-c5ccccc53)c3ccccc3-4)nc(-c3ccc4c(c3)nc3n4-c4ccccc4C3(c3ccccc3)c3ccccc3)n2)cc1. The van der Waals surface area contributed by atoms with Crippen molar-refractivity contribution in [3.63, 3.8) is 0 Å². The molecule has 0 atom stereocenters. The Bertz CT molecular complexity index is 3620. The predicted molar refractivity (Wildman–Crippen MR) is 259 cm³/mol. The zero-order valence-corrected chi connectivity index (χ0v) is 35.1. The van der Waals surface area contributed by atoms with Gasteiger partial charge in [0.15, 0.2) is 17.5 Å². The van der Waals surface area contributed by atoms with Crippen LogP contribution in [0.3, 0.4) is 0 Å². The van der Waals surface area contributed by atoms with Crippen LogP contribution in [-0.2, 0) is 10.8 Å². The topological polar surface area (TPSA) is 56.5 Å². The number of nitrogens with zero attached hydrogens (tertiary/aromatic N) is 5. The van der Waals surface area contributed by atoms with Crippen LogP contribution < -0.4 is 0 Å². The molecule has 0 amide bonds. The second kappa shape index (κ2) is 13.5. The summed E-state index contributed by atoms with van der Waals surface area (Å²) in [6.45, 7) is 0. The molecular weight excluding hydrogens is 791 g/mol. The normalized spacial score (nSPS) is 14.1. The fraction of sp³-hybridized carbons (Fsp3) is 0.0333. The Labute approximate surface area is 376 Å². The Hall–Kier alpha value is -8.54. The number of aromatic nitrogens is 5. The quantitative estimate of drug-likeness (QED) is 0.173. The van der Waals surface area contributed by atoms with Gasteiger partial charge in [0.1, 0.15) is 11.2 Å². The molecule has 9 aromatic carbocycles. The van der Waals surface area contributed by atoms with Gasteiger partial charge in [-0.2, -0.15) is 0 Å². The van der Waals surface area contributed by atoms with Crippen LogP contribution in [0.1, 0.15) is 44.8 Å². The molecular formula is C60H37N5. The first kappa shape index (κ1) is 36.0. The van der Waals surface area contributed by atoms with Crippen molar-refractivity contribution in [1.29, 1.82) is 0 Å². The van der Waals surface area contributed by atoms with Gasteiger partial charge in [-0.15, -0.1) is 0 Å². The molecule has 2 aromatic heterocycles. The molecule has 0 N–H and O–H groups in total. The van der Waals surface area contributed by atoms with E-state index < -0.39 is 10.8 Å². The average Bonchev–Trinajstić information content (AvgIpc) is 4.09. The summed E-state index contributed by atoms with van der Waals surface area (Å²) in [5.41, 5.74) is 18.4. The predicted octanol–water partition coefficient (Wildman–Crippen LogP) is 13.3. The van der Waals surface area contributed by atoms with Crippen molar-refractivity contribution in [2.45, 2.75) is 10.8 Å². The second-order valence-corrected chi connectivity index (χ2v) is 17.3. The Kier molecular flexibility index (Phi) is 7.47. The highest BCUT2D eigenvalue weighted by Gasteiger charge is 2.52. The summed E-state index contributed by atoms with van der Waals surface area (Å²) in [4.78, 5) is 21.4. The van der Waals surface area contributed by atoms with E-state index in [1.165, 1.54) is 61.2 Å². The number of benzene rings is 9. The standard InChI is InChI=1S/C60H37N5/c1-4-18-38(19-5-1)55-62-56(39-32-34-46-45-26-12-15-29-49(45)60(51(46)36-39)47-27-13-10-24-43(47)44-25-11-14-28-48(44)60)64-57(63-55)40-33-35-54-52(37-40)61-58-59(41-20-6-2-7-21-41,42-22-8-3-9-23-42)50-30-16-17-31-53(50)65(54)58/h1-37H. The van der Waals surface area contributed by atoms with Crippen molar-refractivity contribution in [2.75, 3.05) is 0 Å². The van der Waals surface area contributed by atoms with Crippen molar-refractivity contribution in [3.05, 3.63) is 269 Å². The molecule has 0 fully saturated rings. The molecule has 5 nitrogen and oxygen atoms in total. The van der Waals surface area contributed by atoms with E-state index in [1.54, 1.807) is 0 Å². The van der Waals surface area contributed by atoms with Crippen LogP contribution in [0.25, 0.3) is 73.1 Å². The highest BCUT2D eigenvalue weighted by Crippen LogP contribution is 2.63. The van der Waals surface area contributed by atoms with Gasteiger partial charge in [0.05, 0.1) is 22.1 Å². The first-order valence-corrected chi connectivity index (χ1v) is 22.2. The van der Waals surface area contributed by atoms with Crippen molar-refractivity contribution in [2.24, 2.45) is 0 Å². The lowest BCUT2D eigenvalue weighted by molar-refractivity contribution is 0.718. The van der Waals surface area contributed by atoms with E-state index in [0.29, 0.717) is 17.5 Å². The van der Waals surface area contributed by atoms with E-state index in [9.17, 15) is 0 Å². The molecule has 0 saturated heterocycles. The minimum absolute atomic E-state index is 0.479. The van der Waals surface area contributed by atoms with Gasteiger partial charge in [0.2, 0.25) is 0 Å². The maximum atomic E-state index is 5.59. The van der Waals surface area contributed by atoms with Crippen LogP contribution in [0.2, 0.25) is 0 Å². The Morgan fingerprint density at radius 1 is 0.308 bits per heavy atom. The van der Waals surface area contributed by atoms with Crippen molar-refractivity contribution in [1.82, 2.24) is 24.5 Å². The molecule has 65 heavy (non-hydrogen) atoms. The van der Waals surface area contributed by atoms with Crippen LogP contribution in [0, 0.1) is 0 Å². The fourth-order valence-corrected chi connectivity index (χ4v) is 11.5. The summed E-state index contributed by atoms with van der Waals surface area (Å²) >= 11 is 0. The Morgan fingerprint density at radius 3 is 1.34 bits per heavy atom. The molecule has 5 heteroatoms. The minimum atomic E-state index is -0.621. The molecule has 3 heterocycles. The molecule has 11 aromatic rings. The summed E-state index contributed by atoms with van der Waals surface area (Å²) in [5, 5.41) is 0. The van der Waals surface area contributed by atoms with Gasteiger partial charge in [-0.1, -0.05) is 194 Å². The van der Waals surface area contributed by atoms with Gasteiger partial charge in [-0.05, 0) is 91.5 Å². The lowest BCUT2D eigenvalue weighted by Gasteiger charge is -2.30. The first-order chi connectivity index (χ1) is 32.2. The smallest absolute Gasteiger partial charge is 0.164 e. The van der Waals surface area contributed by atoms with E-state index >= 15 is 0 Å². The molecule has 0 unspecified atom stereocenters. The molecule has 1 spiro atoms. The summed E-state index contributed by atoms with van der Waals surface area (Å²) in [5.74, 6) is 2.80.